The quantitative estimate of drug-likeness (QED) is 0.833. The smallest absolute Gasteiger partial charge is 0.277 e. The summed E-state index contributed by atoms with van der Waals surface area (Å²) in [5.74, 6) is -0.428. The minimum absolute atomic E-state index is 0.0120. The second-order valence-corrected chi connectivity index (χ2v) is 6.94. The molecule has 2 rings (SSSR count). The number of carbonyl (C=O) groups is 1. The van der Waals surface area contributed by atoms with Crippen LogP contribution in [-0.2, 0) is 15.5 Å². The molecule has 7 nitrogen and oxygen atoms in total. The Balaban J connectivity index is 2.42. The van der Waals surface area contributed by atoms with Crippen molar-refractivity contribution in [3.63, 3.8) is 0 Å². The van der Waals surface area contributed by atoms with Gasteiger partial charge in [0.2, 0.25) is 0 Å². The maximum Gasteiger partial charge on any atom is 0.277 e. The molecule has 0 atom stereocenters. The summed E-state index contributed by atoms with van der Waals surface area (Å²) in [6.45, 7) is 3.55. The van der Waals surface area contributed by atoms with Crippen molar-refractivity contribution in [3.05, 3.63) is 35.2 Å². The van der Waals surface area contributed by atoms with Gasteiger partial charge in [-0.2, -0.15) is 15.4 Å². The van der Waals surface area contributed by atoms with Crippen molar-refractivity contribution in [2.24, 2.45) is 0 Å². The molecule has 0 saturated heterocycles. The van der Waals surface area contributed by atoms with Crippen LogP contribution in [-0.4, -0.2) is 29.7 Å². The topological polar surface area (TPSA) is 105 Å². The van der Waals surface area contributed by atoms with Crippen LogP contribution >= 0.6 is 10.7 Å². The predicted octanol–water partition coefficient (Wildman–Crippen LogP) is 1.86. The van der Waals surface area contributed by atoms with E-state index >= 15 is 0 Å². The number of carbonyl (C=O) groups excluding carboxylic acids is 1. The number of amides is 1. The Kier molecular flexibility index (Phi) is 4.29. The summed E-state index contributed by atoms with van der Waals surface area (Å²) in [4.78, 5) is 12.0. The number of aryl methyl sites for hydroxylation is 2. The summed E-state index contributed by atoms with van der Waals surface area (Å²) < 4.78 is 22.9. The number of nitrogens with zero attached hydrogens (tertiary/aromatic N) is 2. The van der Waals surface area contributed by atoms with E-state index in [1.54, 1.807) is 6.92 Å². The lowest BCUT2D eigenvalue weighted by atomic mass is 10.1. The van der Waals surface area contributed by atoms with Gasteiger partial charge in [0.1, 0.15) is 0 Å². The predicted molar refractivity (Wildman–Crippen MR) is 77.9 cm³/mol. The number of hydrogen-bond donors (Lipinski definition) is 2. The molecule has 0 radical (unpaired) electrons. The molecule has 21 heavy (non-hydrogen) atoms. The monoisotopic (exact) mass is 328 g/mol. The minimum Gasteiger partial charge on any atom is -0.320 e. The van der Waals surface area contributed by atoms with Gasteiger partial charge in [-0.15, -0.1) is 0 Å². The van der Waals surface area contributed by atoms with E-state index < -0.39 is 15.0 Å². The Bertz CT molecular complexity index is 772. The average Bonchev–Trinajstić information content (AvgIpc) is 2.93. The fourth-order valence-corrected chi connectivity index (χ4v) is 2.78. The van der Waals surface area contributed by atoms with Gasteiger partial charge in [-0.05, 0) is 36.6 Å². The largest absolute Gasteiger partial charge is 0.320 e. The van der Waals surface area contributed by atoms with Gasteiger partial charge in [-0.3, -0.25) is 4.79 Å². The maximum absolute atomic E-state index is 12.0. The summed E-state index contributed by atoms with van der Waals surface area (Å²) in [7, 11) is 1.55. The second kappa shape index (κ2) is 5.82. The fourth-order valence-electron chi connectivity index (χ4n) is 1.91. The first-order valence-electron chi connectivity index (χ1n) is 6.08. The van der Waals surface area contributed by atoms with Crippen molar-refractivity contribution in [2.45, 2.75) is 25.2 Å². The molecule has 0 bridgehead atoms. The zero-order valence-corrected chi connectivity index (χ0v) is 12.9. The standard InChI is InChI=1S/C12H13ClN4O3S/c1-3-8-5-9(21(13,19)20)4-7(2)11(8)15-12(18)10-6-14-17-16-10/h4-6H,3H2,1-2H3,(H,15,18)(H,14,16,17). The Morgan fingerprint density at radius 1 is 1.43 bits per heavy atom. The first kappa shape index (κ1) is 15.5. The molecule has 112 valence electrons. The molecule has 0 aliphatic carbocycles. The van der Waals surface area contributed by atoms with Crippen LogP contribution in [0.15, 0.2) is 23.2 Å². The zero-order chi connectivity index (χ0) is 15.6. The highest BCUT2D eigenvalue weighted by Gasteiger charge is 2.17. The van der Waals surface area contributed by atoms with Gasteiger partial charge in [-0.1, -0.05) is 6.92 Å². The number of H-pyrrole nitrogens is 1. The number of halogens is 1. The number of benzene rings is 1. The fraction of sp³-hybridized carbons (Fsp3) is 0.250. The number of rotatable bonds is 4. The van der Waals surface area contributed by atoms with E-state index in [9.17, 15) is 13.2 Å². The molecule has 1 amide bonds. The molecule has 9 heteroatoms. The van der Waals surface area contributed by atoms with Gasteiger partial charge >= 0.3 is 0 Å². The molecule has 1 heterocycles. The van der Waals surface area contributed by atoms with E-state index in [-0.39, 0.29) is 10.6 Å². The van der Waals surface area contributed by atoms with Crippen molar-refractivity contribution < 1.29 is 13.2 Å². The van der Waals surface area contributed by atoms with Crippen LogP contribution in [0.2, 0.25) is 0 Å². The minimum atomic E-state index is -3.81. The van der Waals surface area contributed by atoms with Crippen LogP contribution < -0.4 is 5.32 Å². The summed E-state index contributed by atoms with van der Waals surface area (Å²) in [6, 6.07) is 2.87. The van der Waals surface area contributed by atoms with Gasteiger partial charge in [-0.25, -0.2) is 8.42 Å². The molecular weight excluding hydrogens is 316 g/mol. The third kappa shape index (κ3) is 3.40. The van der Waals surface area contributed by atoms with Crippen molar-refractivity contribution in [1.82, 2.24) is 15.4 Å². The zero-order valence-electron chi connectivity index (χ0n) is 11.3. The molecule has 2 aromatic rings. The van der Waals surface area contributed by atoms with Gasteiger partial charge < -0.3 is 5.32 Å². The van der Waals surface area contributed by atoms with Crippen molar-refractivity contribution in [1.29, 1.82) is 0 Å². The molecule has 2 N–H and O–H groups in total. The van der Waals surface area contributed by atoms with E-state index in [0.717, 1.165) is 0 Å². The number of anilines is 1. The molecule has 1 aromatic heterocycles. The van der Waals surface area contributed by atoms with E-state index in [1.807, 2.05) is 6.92 Å². The van der Waals surface area contributed by atoms with Gasteiger partial charge in [0.25, 0.3) is 15.0 Å². The SMILES string of the molecule is CCc1cc(S(=O)(=O)Cl)cc(C)c1NC(=O)c1cn[nH]n1. The first-order chi connectivity index (χ1) is 9.82. The molecular formula is C12H13ClN4O3S. The summed E-state index contributed by atoms with van der Waals surface area (Å²) in [5.41, 5.74) is 1.97. The lowest BCUT2D eigenvalue weighted by Gasteiger charge is -2.13. The van der Waals surface area contributed by atoms with Crippen LogP contribution in [0.5, 0.6) is 0 Å². The summed E-state index contributed by atoms with van der Waals surface area (Å²) in [5, 5.41) is 12.3. The lowest BCUT2D eigenvalue weighted by molar-refractivity contribution is 0.102. The van der Waals surface area contributed by atoms with Crippen LogP contribution in [0.4, 0.5) is 5.69 Å². The van der Waals surface area contributed by atoms with Gasteiger partial charge in [0, 0.05) is 16.4 Å². The van der Waals surface area contributed by atoms with Gasteiger partial charge in [0.15, 0.2) is 5.69 Å². The van der Waals surface area contributed by atoms with Crippen molar-refractivity contribution in [3.8, 4) is 0 Å². The molecule has 0 fully saturated rings. The highest BCUT2D eigenvalue weighted by Crippen LogP contribution is 2.27. The average molecular weight is 329 g/mol. The number of aromatic nitrogens is 3. The summed E-state index contributed by atoms with van der Waals surface area (Å²) in [6.07, 6.45) is 1.84. The van der Waals surface area contributed by atoms with Crippen LogP contribution in [0.1, 0.15) is 28.5 Å². The van der Waals surface area contributed by atoms with E-state index in [0.29, 0.717) is 23.2 Å². The van der Waals surface area contributed by atoms with E-state index in [2.05, 4.69) is 20.7 Å². The Hall–Kier alpha value is -1.93. The first-order valence-corrected chi connectivity index (χ1v) is 8.39. The van der Waals surface area contributed by atoms with Gasteiger partial charge in [0.05, 0.1) is 11.1 Å². The maximum atomic E-state index is 12.0. The number of aromatic amines is 1. The summed E-state index contributed by atoms with van der Waals surface area (Å²) >= 11 is 0. The Morgan fingerprint density at radius 2 is 2.14 bits per heavy atom. The highest BCUT2D eigenvalue weighted by molar-refractivity contribution is 8.13. The van der Waals surface area contributed by atoms with E-state index in [4.69, 9.17) is 10.7 Å². The van der Waals surface area contributed by atoms with E-state index in [1.165, 1.54) is 18.3 Å². The molecule has 0 unspecified atom stereocenters. The van der Waals surface area contributed by atoms with Crippen LogP contribution in [0.3, 0.4) is 0 Å². The highest BCUT2D eigenvalue weighted by atomic mass is 35.7. The molecule has 0 saturated carbocycles. The molecule has 0 aliphatic rings. The second-order valence-electron chi connectivity index (χ2n) is 4.38. The lowest BCUT2D eigenvalue weighted by Crippen LogP contribution is -2.15. The normalized spacial score (nSPS) is 11.4. The van der Waals surface area contributed by atoms with Crippen molar-refractivity contribution in [2.75, 3.05) is 5.32 Å². The number of nitrogens with one attached hydrogen (secondary N) is 2. The Morgan fingerprint density at radius 3 is 2.67 bits per heavy atom. The van der Waals surface area contributed by atoms with Crippen LogP contribution in [0, 0.1) is 6.92 Å². The van der Waals surface area contributed by atoms with Crippen LogP contribution in [0.25, 0.3) is 0 Å². The number of hydrogen-bond acceptors (Lipinski definition) is 5. The third-order valence-electron chi connectivity index (χ3n) is 2.94. The Labute approximate surface area is 126 Å². The molecule has 0 aliphatic heterocycles. The third-order valence-corrected chi connectivity index (χ3v) is 4.27. The molecule has 1 aromatic carbocycles. The molecule has 0 spiro atoms. The van der Waals surface area contributed by atoms with Crippen molar-refractivity contribution >= 4 is 31.3 Å².